The predicted molar refractivity (Wildman–Crippen MR) is 279 cm³/mol. The van der Waals surface area contributed by atoms with Crippen LogP contribution in [-0.4, -0.2) is 0 Å². The molecule has 11 rings (SSSR count). The number of fused-ring (bicyclic) bond motifs is 3. The first-order valence-electron chi connectivity index (χ1n) is 24.8. The molecule has 2 saturated carbocycles. The van der Waals surface area contributed by atoms with Gasteiger partial charge in [-0.05, 0) is 160 Å². The molecule has 0 aromatic heterocycles. The lowest BCUT2D eigenvalue weighted by Gasteiger charge is -2.44. The van der Waals surface area contributed by atoms with E-state index in [1.165, 1.54) is 124 Å². The summed E-state index contributed by atoms with van der Waals surface area (Å²) in [5, 5.41) is 0. The Labute approximate surface area is 393 Å². The van der Waals surface area contributed by atoms with Gasteiger partial charge in [-0.15, -0.1) is 0 Å². The van der Waals surface area contributed by atoms with Crippen LogP contribution in [0.2, 0.25) is 0 Å². The molecule has 0 spiro atoms. The highest BCUT2D eigenvalue weighted by atomic mass is 15.1. The first kappa shape index (κ1) is 42.0. The van der Waals surface area contributed by atoms with Crippen molar-refractivity contribution < 1.29 is 0 Å². The minimum atomic E-state index is -0.149. The zero-order valence-electron chi connectivity index (χ0n) is 39.0. The maximum absolute atomic E-state index is 2.51. The number of rotatable bonds is 10. The zero-order valence-corrected chi connectivity index (χ0v) is 39.0. The van der Waals surface area contributed by atoms with Crippen molar-refractivity contribution in [2.24, 2.45) is 5.92 Å². The number of nitrogens with zero attached hydrogens (tertiary/aromatic N) is 2. The molecule has 2 fully saturated rings. The Morgan fingerprint density at radius 3 is 1.48 bits per heavy atom. The second kappa shape index (κ2) is 17.6. The van der Waals surface area contributed by atoms with Crippen LogP contribution in [0, 0.1) is 5.92 Å². The number of anilines is 6. The van der Waals surface area contributed by atoms with Crippen molar-refractivity contribution in [3.05, 3.63) is 228 Å². The summed E-state index contributed by atoms with van der Waals surface area (Å²) in [5.41, 5.74) is 19.3. The van der Waals surface area contributed by atoms with Crippen molar-refractivity contribution >= 4 is 34.1 Å². The molecular weight excluding hydrogens is 797 g/mol. The van der Waals surface area contributed by atoms with Crippen LogP contribution in [0.5, 0.6) is 0 Å². The maximum Gasteiger partial charge on any atom is 0.0465 e. The summed E-state index contributed by atoms with van der Waals surface area (Å²) in [5.74, 6) is 1.17. The number of benzene rings is 8. The Morgan fingerprint density at radius 2 is 0.909 bits per heavy atom. The van der Waals surface area contributed by atoms with Gasteiger partial charge in [0.05, 0.1) is 0 Å². The second-order valence-corrected chi connectivity index (χ2v) is 19.9. The molecule has 8 aromatic carbocycles. The van der Waals surface area contributed by atoms with Gasteiger partial charge in [-0.1, -0.05) is 180 Å². The van der Waals surface area contributed by atoms with E-state index in [0.29, 0.717) is 11.8 Å². The van der Waals surface area contributed by atoms with Crippen LogP contribution in [0.25, 0.3) is 22.3 Å². The fourth-order valence-corrected chi connectivity index (χ4v) is 12.3. The monoisotopic (exact) mass is 858 g/mol. The molecule has 0 radical (unpaired) electrons. The molecule has 0 saturated heterocycles. The standard InChI is InChI=1S/C64H62N2/c1-46-19-16-17-44-64(46,50-32-38-55(39-33-50)65(52-24-12-6-13-25-52)53-26-14-7-15-27-53)51-34-40-56(41-35-51)66(54-36-30-48(31-37-54)47-20-8-4-9-21-47)57-42-43-59-61(45-57)63(2,3)60-29-18-28-58(62(59)60)49-22-10-5-11-23-49/h5-7,10-15,18,22-43,45-47H,4,8-9,16-17,19-21,44H2,1-3H3. The van der Waals surface area contributed by atoms with E-state index >= 15 is 0 Å². The third kappa shape index (κ3) is 7.45. The van der Waals surface area contributed by atoms with Crippen molar-refractivity contribution in [3.8, 4) is 22.3 Å². The fourth-order valence-electron chi connectivity index (χ4n) is 12.3. The molecule has 8 aromatic rings. The maximum atomic E-state index is 2.51. The minimum Gasteiger partial charge on any atom is -0.311 e. The van der Waals surface area contributed by atoms with Gasteiger partial charge in [0.25, 0.3) is 0 Å². The predicted octanol–water partition coefficient (Wildman–Crippen LogP) is 18.1. The zero-order chi connectivity index (χ0) is 44.7. The molecule has 0 N–H and O–H groups in total. The van der Waals surface area contributed by atoms with Crippen LogP contribution in [0.4, 0.5) is 34.1 Å². The second-order valence-electron chi connectivity index (χ2n) is 19.9. The largest absolute Gasteiger partial charge is 0.311 e. The normalized spacial score (nSPS) is 18.9. The van der Waals surface area contributed by atoms with Crippen molar-refractivity contribution in [1.29, 1.82) is 0 Å². The molecule has 3 aliphatic carbocycles. The number of hydrogen-bond donors (Lipinski definition) is 0. The first-order valence-corrected chi connectivity index (χ1v) is 24.8. The summed E-state index contributed by atoms with van der Waals surface area (Å²) in [7, 11) is 0. The summed E-state index contributed by atoms with van der Waals surface area (Å²) in [6, 6.07) is 75.5. The summed E-state index contributed by atoms with van der Waals surface area (Å²) in [4.78, 5) is 4.88. The number of para-hydroxylation sites is 2. The van der Waals surface area contributed by atoms with Gasteiger partial charge >= 0.3 is 0 Å². The number of hydrogen-bond acceptors (Lipinski definition) is 2. The Bertz CT molecular complexity index is 2870. The molecule has 2 nitrogen and oxygen atoms in total. The molecule has 0 heterocycles. The Morgan fingerprint density at radius 1 is 0.409 bits per heavy atom. The van der Waals surface area contributed by atoms with E-state index < -0.39 is 0 Å². The van der Waals surface area contributed by atoms with Gasteiger partial charge in [0.15, 0.2) is 0 Å². The summed E-state index contributed by atoms with van der Waals surface area (Å²) in [6.45, 7) is 7.31. The van der Waals surface area contributed by atoms with E-state index in [2.05, 4.69) is 231 Å². The van der Waals surface area contributed by atoms with Crippen LogP contribution < -0.4 is 9.80 Å². The molecule has 2 unspecified atom stereocenters. The molecule has 66 heavy (non-hydrogen) atoms. The lowest BCUT2D eigenvalue weighted by atomic mass is 9.60. The highest BCUT2D eigenvalue weighted by molar-refractivity contribution is 5.94. The summed E-state index contributed by atoms with van der Waals surface area (Å²) in [6.07, 6.45) is 11.5. The molecule has 2 atom stereocenters. The van der Waals surface area contributed by atoms with Crippen LogP contribution in [-0.2, 0) is 10.8 Å². The van der Waals surface area contributed by atoms with Crippen LogP contribution in [0.3, 0.4) is 0 Å². The van der Waals surface area contributed by atoms with Crippen LogP contribution in [0.15, 0.2) is 200 Å². The van der Waals surface area contributed by atoms with E-state index in [0.717, 1.165) is 17.8 Å². The van der Waals surface area contributed by atoms with Crippen molar-refractivity contribution in [2.45, 2.75) is 95.3 Å². The van der Waals surface area contributed by atoms with Gasteiger partial charge in [-0.25, -0.2) is 0 Å². The molecule has 0 bridgehead atoms. The minimum absolute atomic E-state index is 0.0774. The van der Waals surface area contributed by atoms with Gasteiger partial charge in [0.1, 0.15) is 0 Å². The highest BCUT2D eigenvalue weighted by Crippen LogP contribution is 2.54. The smallest absolute Gasteiger partial charge is 0.0465 e. The van der Waals surface area contributed by atoms with Gasteiger partial charge < -0.3 is 9.80 Å². The van der Waals surface area contributed by atoms with Gasteiger partial charge in [-0.3, -0.25) is 0 Å². The molecule has 328 valence electrons. The fraction of sp³-hybridized carbons (Fsp3) is 0.250. The van der Waals surface area contributed by atoms with Crippen molar-refractivity contribution in [2.75, 3.05) is 9.80 Å². The van der Waals surface area contributed by atoms with Crippen molar-refractivity contribution in [3.63, 3.8) is 0 Å². The average Bonchev–Trinajstić information content (AvgIpc) is 3.61. The van der Waals surface area contributed by atoms with E-state index in [4.69, 9.17) is 0 Å². The van der Waals surface area contributed by atoms with Gasteiger partial charge in [0, 0.05) is 45.0 Å². The Kier molecular flexibility index (Phi) is 11.2. The molecule has 3 aliphatic rings. The van der Waals surface area contributed by atoms with E-state index in [1.54, 1.807) is 0 Å². The van der Waals surface area contributed by atoms with Gasteiger partial charge in [-0.2, -0.15) is 0 Å². The average molecular weight is 859 g/mol. The molecular formula is C64H62N2. The van der Waals surface area contributed by atoms with Crippen LogP contribution >= 0.6 is 0 Å². The highest BCUT2D eigenvalue weighted by Gasteiger charge is 2.42. The molecule has 0 aliphatic heterocycles. The van der Waals surface area contributed by atoms with E-state index in [-0.39, 0.29) is 10.8 Å². The SMILES string of the molecule is CC1CCCCC1(c1ccc(N(c2ccccc2)c2ccccc2)cc1)c1ccc(N(c2ccc(C3CCCCC3)cc2)c2ccc3c(c2)C(C)(C)c2cccc(-c4ccccc4)c2-3)cc1. The van der Waals surface area contributed by atoms with E-state index in [9.17, 15) is 0 Å². The summed E-state index contributed by atoms with van der Waals surface area (Å²) < 4.78 is 0. The van der Waals surface area contributed by atoms with E-state index in [1.807, 2.05) is 0 Å². The first-order chi connectivity index (χ1) is 32.4. The van der Waals surface area contributed by atoms with Crippen LogP contribution in [0.1, 0.15) is 112 Å². The third-order valence-electron chi connectivity index (χ3n) is 15.9. The molecule has 2 heteroatoms. The lowest BCUT2D eigenvalue weighted by Crippen LogP contribution is -2.37. The molecule has 0 amide bonds. The van der Waals surface area contributed by atoms with Gasteiger partial charge in [0.2, 0.25) is 0 Å². The Hall–Kier alpha value is -6.64. The topological polar surface area (TPSA) is 6.48 Å². The van der Waals surface area contributed by atoms with Crippen molar-refractivity contribution in [1.82, 2.24) is 0 Å². The Balaban J connectivity index is 0.989. The lowest BCUT2D eigenvalue weighted by molar-refractivity contribution is 0.244. The quantitative estimate of drug-likeness (QED) is 0.135. The summed E-state index contributed by atoms with van der Waals surface area (Å²) >= 11 is 0. The third-order valence-corrected chi connectivity index (χ3v) is 15.9.